The second-order valence-electron chi connectivity index (χ2n) is 5.13. The first kappa shape index (κ1) is 15.1. The van der Waals surface area contributed by atoms with E-state index in [2.05, 4.69) is 15.7 Å². The van der Waals surface area contributed by atoms with Crippen LogP contribution in [0, 0.1) is 0 Å². The molecule has 0 saturated carbocycles. The third kappa shape index (κ3) is 3.82. The second kappa shape index (κ2) is 6.41. The van der Waals surface area contributed by atoms with Crippen molar-refractivity contribution in [1.29, 1.82) is 0 Å². The topological polar surface area (TPSA) is 79.2 Å². The van der Waals surface area contributed by atoms with E-state index >= 15 is 0 Å². The van der Waals surface area contributed by atoms with Gasteiger partial charge in [0.25, 0.3) is 0 Å². The average Bonchev–Trinajstić information content (AvgIpc) is 2.96. The van der Waals surface area contributed by atoms with Gasteiger partial charge in [0.1, 0.15) is 0 Å². The van der Waals surface area contributed by atoms with Gasteiger partial charge in [-0.2, -0.15) is 0 Å². The number of hydrogen-bond acceptors (Lipinski definition) is 3. The van der Waals surface area contributed by atoms with Gasteiger partial charge >= 0.3 is 6.03 Å². The van der Waals surface area contributed by atoms with E-state index in [0.717, 1.165) is 5.69 Å². The van der Waals surface area contributed by atoms with Crippen LogP contribution >= 0.6 is 0 Å². The van der Waals surface area contributed by atoms with Crippen LogP contribution in [0.25, 0.3) is 5.69 Å². The molecule has 3 N–H and O–H groups in total. The highest BCUT2D eigenvalue weighted by molar-refractivity contribution is 5.88. The van der Waals surface area contributed by atoms with E-state index < -0.39 is 5.54 Å². The third-order valence-electron chi connectivity index (χ3n) is 3.40. The fourth-order valence-electron chi connectivity index (χ4n) is 1.78. The first-order valence-electron chi connectivity index (χ1n) is 6.87. The Labute approximate surface area is 123 Å². The van der Waals surface area contributed by atoms with Gasteiger partial charge in [-0.1, -0.05) is 25.1 Å². The van der Waals surface area contributed by atoms with E-state index in [-0.39, 0.29) is 12.6 Å². The number of carbonyl (C=O) groups is 1. The molecule has 0 spiro atoms. The van der Waals surface area contributed by atoms with E-state index in [1.54, 1.807) is 23.9 Å². The molecule has 2 amide bonds. The smallest absolute Gasteiger partial charge is 0.320 e. The number of nitrogens with zero attached hydrogens (tertiary/aromatic N) is 2. The Morgan fingerprint density at radius 1 is 1.33 bits per heavy atom. The van der Waals surface area contributed by atoms with Crippen LogP contribution < -0.4 is 10.6 Å². The van der Waals surface area contributed by atoms with E-state index in [1.807, 2.05) is 37.3 Å². The van der Waals surface area contributed by atoms with Crippen molar-refractivity contribution in [3.05, 3.63) is 42.6 Å². The van der Waals surface area contributed by atoms with Gasteiger partial charge < -0.3 is 10.4 Å². The molecule has 0 saturated heterocycles. The maximum absolute atomic E-state index is 11.9. The maximum Gasteiger partial charge on any atom is 0.320 e. The number of aliphatic hydroxyl groups excluding tert-OH is 1. The number of para-hydroxylation sites is 1. The SMILES string of the molecule is CCC(C)(CO)NC(=O)Nc1ccn(-c2ccccc2)n1. The molecule has 112 valence electrons. The normalized spacial score (nSPS) is 13.5. The molecule has 1 unspecified atom stereocenters. The average molecular weight is 288 g/mol. The molecule has 2 rings (SSSR count). The number of aromatic nitrogens is 2. The molecule has 6 nitrogen and oxygen atoms in total. The van der Waals surface area contributed by atoms with Crippen LogP contribution in [0.4, 0.5) is 10.6 Å². The lowest BCUT2D eigenvalue weighted by Gasteiger charge is -2.26. The summed E-state index contributed by atoms with van der Waals surface area (Å²) in [5.74, 6) is 0.452. The summed E-state index contributed by atoms with van der Waals surface area (Å²) < 4.78 is 1.68. The Balaban J connectivity index is 2.01. The summed E-state index contributed by atoms with van der Waals surface area (Å²) in [7, 11) is 0. The number of benzene rings is 1. The Kier molecular flexibility index (Phi) is 4.59. The number of aliphatic hydroxyl groups is 1. The highest BCUT2D eigenvalue weighted by Crippen LogP contribution is 2.11. The predicted molar refractivity (Wildman–Crippen MR) is 81.5 cm³/mol. The largest absolute Gasteiger partial charge is 0.394 e. The molecule has 0 bridgehead atoms. The Morgan fingerprint density at radius 2 is 2.05 bits per heavy atom. The molecule has 1 heterocycles. The maximum atomic E-state index is 11.9. The van der Waals surface area contributed by atoms with Crippen LogP contribution in [0.2, 0.25) is 0 Å². The quantitative estimate of drug-likeness (QED) is 0.788. The van der Waals surface area contributed by atoms with E-state index in [0.29, 0.717) is 12.2 Å². The summed E-state index contributed by atoms with van der Waals surface area (Å²) in [6.45, 7) is 3.57. The minimum atomic E-state index is -0.633. The lowest BCUT2D eigenvalue weighted by Crippen LogP contribution is -2.50. The van der Waals surface area contributed by atoms with Crippen LogP contribution in [-0.2, 0) is 0 Å². The van der Waals surface area contributed by atoms with Gasteiger partial charge in [-0.3, -0.25) is 5.32 Å². The Hall–Kier alpha value is -2.34. The second-order valence-corrected chi connectivity index (χ2v) is 5.13. The summed E-state index contributed by atoms with van der Waals surface area (Å²) in [6, 6.07) is 11.0. The van der Waals surface area contributed by atoms with Crippen molar-refractivity contribution in [2.24, 2.45) is 0 Å². The van der Waals surface area contributed by atoms with Crippen LogP contribution in [0.3, 0.4) is 0 Å². The summed E-state index contributed by atoms with van der Waals surface area (Å²) in [5, 5.41) is 19.0. The molecule has 0 aliphatic carbocycles. The van der Waals surface area contributed by atoms with Crippen molar-refractivity contribution in [1.82, 2.24) is 15.1 Å². The Morgan fingerprint density at radius 3 is 2.67 bits per heavy atom. The zero-order chi connectivity index (χ0) is 15.3. The van der Waals surface area contributed by atoms with Crippen molar-refractivity contribution < 1.29 is 9.90 Å². The van der Waals surface area contributed by atoms with Crippen LogP contribution in [0.5, 0.6) is 0 Å². The summed E-state index contributed by atoms with van der Waals surface area (Å²) >= 11 is 0. The first-order valence-corrected chi connectivity index (χ1v) is 6.87. The van der Waals surface area contributed by atoms with Crippen LogP contribution in [-0.4, -0.2) is 33.1 Å². The predicted octanol–water partition coefficient (Wildman–Crippen LogP) is 2.15. The minimum absolute atomic E-state index is 0.116. The molecule has 1 atom stereocenters. The summed E-state index contributed by atoms with van der Waals surface area (Å²) in [6.07, 6.45) is 2.41. The monoisotopic (exact) mass is 288 g/mol. The lowest BCUT2D eigenvalue weighted by atomic mass is 10.0. The highest BCUT2D eigenvalue weighted by Gasteiger charge is 2.23. The van der Waals surface area contributed by atoms with Crippen molar-refractivity contribution in [2.75, 3.05) is 11.9 Å². The molecule has 21 heavy (non-hydrogen) atoms. The minimum Gasteiger partial charge on any atom is -0.394 e. The first-order chi connectivity index (χ1) is 10.1. The number of carbonyl (C=O) groups excluding carboxylic acids is 1. The molecular weight excluding hydrogens is 268 g/mol. The molecule has 1 aromatic heterocycles. The van der Waals surface area contributed by atoms with Crippen molar-refractivity contribution in [3.63, 3.8) is 0 Å². The van der Waals surface area contributed by atoms with Crippen LogP contribution in [0.1, 0.15) is 20.3 Å². The molecular formula is C15H20N4O2. The van der Waals surface area contributed by atoms with Gasteiger partial charge in [-0.05, 0) is 25.5 Å². The zero-order valence-corrected chi connectivity index (χ0v) is 12.2. The van der Waals surface area contributed by atoms with Crippen LogP contribution in [0.15, 0.2) is 42.6 Å². The molecule has 0 aliphatic heterocycles. The number of nitrogens with one attached hydrogen (secondary N) is 2. The highest BCUT2D eigenvalue weighted by atomic mass is 16.3. The molecule has 6 heteroatoms. The molecule has 1 aromatic carbocycles. The Bertz CT molecular complexity index is 591. The number of rotatable bonds is 5. The number of hydrogen-bond donors (Lipinski definition) is 3. The van der Waals surface area contributed by atoms with Gasteiger partial charge in [-0.25, -0.2) is 9.48 Å². The molecule has 0 radical (unpaired) electrons. The number of urea groups is 1. The van der Waals surface area contributed by atoms with E-state index in [1.165, 1.54) is 0 Å². The third-order valence-corrected chi connectivity index (χ3v) is 3.40. The van der Waals surface area contributed by atoms with Gasteiger partial charge in [0, 0.05) is 12.3 Å². The van der Waals surface area contributed by atoms with Gasteiger partial charge in [-0.15, -0.1) is 5.10 Å². The van der Waals surface area contributed by atoms with Crippen molar-refractivity contribution in [2.45, 2.75) is 25.8 Å². The van der Waals surface area contributed by atoms with E-state index in [9.17, 15) is 9.90 Å². The lowest BCUT2D eigenvalue weighted by molar-refractivity contribution is 0.172. The fraction of sp³-hybridized carbons (Fsp3) is 0.333. The van der Waals surface area contributed by atoms with Crippen molar-refractivity contribution >= 4 is 11.8 Å². The number of amides is 2. The molecule has 0 fully saturated rings. The molecule has 2 aromatic rings. The van der Waals surface area contributed by atoms with Crippen molar-refractivity contribution in [3.8, 4) is 5.69 Å². The standard InChI is InChI=1S/C15H20N4O2/c1-3-15(2,11-20)17-14(21)16-13-9-10-19(18-13)12-7-5-4-6-8-12/h4-10,20H,3,11H2,1-2H3,(H2,16,17,18,21). The van der Waals surface area contributed by atoms with E-state index in [4.69, 9.17) is 0 Å². The number of anilines is 1. The molecule has 0 aliphatic rings. The fourth-order valence-corrected chi connectivity index (χ4v) is 1.78. The zero-order valence-electron chi connectivity index (χ0n) is 12.2. The van der Waals surface area contributed by atoms with Gasteiger partial charge in [0.15, 0.2) is 5.82 Å². The summed E-state index contributed by atoms with van der Waals surface area (Å²) in [4.78, 5) is 11.9. The van der Waals surface area contributed by atoms with Gasteiger partial charge in [0.2, 0.25) is 0 Å². The summed E-state index contributed by atoms with van der Waals surface area (Å²) in [5.41, 5.74) is 0.284. The van der Waals surface area contributed by atoms with Gasteiger partial charge in [0.05, 0.1) is 17.8 Å².